The Kier molecular flexibility index (Phi) is 5.65. The quantitative estimate of drug-likeness (QED) is 0.300. The van der Waals surface area contributed by atoms with E-state index in [0.717, 1.165) is 44.5 Å². The molecule has 2 aromatic heterocycles. The molecule has 6 heteroatoms. The lowest BCUT2D eigenvalue weighted by atomic mass is 10.1. The van der Waals surface area contributed by atoms with Gasteiger partial charge < -0.3 is 14.8 Å². The van der Waals surface area contributed by atoms with E-state index in [1.807, 2.05) is 106 Å². The number of anilines is 2. The molecule has 0 atom stereocenters. The monoisotopic (exact) mass is 465 g/mol. The Bertz CT molecular complexity index is 1510. The first kappa shape index (κ1) is 22.5. The first-order valence-electron chi connectivity index (χ1n) is 11.5. The molecule has 0 fully saturated rings. The van der Waals surface area contributed by atoms with Crippen molar-refractivity contribution in [3.05, 3.63) is 84.9 Å². The number of hydrogen-bond acceptors (Lipinski definition) is 5. The van der Waals surface area contributed by atoms with Gasteiger partial charge in [-0.1, -0.05) is 48.5 Å². The minimum Gasteiger partial charge on any atom is -0.497 e. The molecule has 0 aliphatic heterocycles. The van der Waals surface area contributed by atoms with Crippen LogP contribution in [0.1, 0.15) is 20.8 Å². The molecule has 0 unspecified atom stereocenters. The van der Waals surface area contributed by atoms with Crippen LogP contribution in [-0.2, 0) is 4.74 Å². The molecule has 5 aromatic rings. The third-order valence-corrected chi connectivity index (χ3v) is 5.65. The second-order valence-corrected chi connectivity index (χ2v) is 9.30. The Balaban J connectivity index is 1.78. The fourth-order valence-corrected chi connectivity index (χ4v) is 4.15. The van der Waals surface area contributed by atoms with E-state index in [2.05, 4.69) is 5.32 Å². The molecule has 0 bridgehead atoms. The van der Waals surface area contributed by atoms with Gasteiger partial charge in [0.1, 0.15) is 17.2 Å². The summed E-state index contributed by atoms with van der Waals surface area (Å²) in [7, 11) is 1.64. The van der Waals surface area contributed by atoms with Gasteiger partial charge in [0, 0.05) is 16.6 Å². The third kappa shape index (κ3) is 4.43. The predicted octanol–water partition coefficient (Wildman–Crippen LogP) is 7.39. The third-order valence-electron chi connectivity index (χ3n) is 5.65. The van der Waals surface area contributed by atoms with Crippen LogP contribution >= 0.6 is 0 Å². The second-order valence-electron chi connectivity index (χ2n) is 9.30. The zero-order chi connectivity index (χ0) is 24.6. The van der Waals surface area contributed by atoms with E-state index in [1.165, 1.54) is 0 Å². The number of fused-ring (bicyclic) bond motifs is 3. The lowest BCUT2D eigenvalue weighted by Gasteiger charge is -2.20. The zero-order valence-electron chi connectivity index (χ0n) is 20.2. The number of pyridine rings is 1. The van der Waals surface area contributed by atoms with Crippen LogP contribution in [-0.4, -0.2) is 28.4 Å². The smallest absolute Gasteiger partial charge is 0.419 e. The Morgan fingerprint density at radius 3 is 2.26 bits per heavy atom. The van der Waals surface area contributed by atoms with Crippen molar-refractivity contribution in [2.75, 3.05) is 12.4 Å². The highest BCUT2D eigenvalue weighted by molar-refractivity contribution is 6.17. The molecule has 0 saturated carbocycles. The summed E-state index contributed by atoms with van der Waals surface area (Å²) in [6.45, 7) is 5.60. The lowest BCUT2D eigenvalue weighted by molar-refractivity contribution is 0.0551. The number of methoxy groups -OCH3 is 1. The number of nitrogens with one attached hydrogen (secondary N) is 1. The largest absolute Gasteiger partial charge is 0.497 e. The van der Waals surface area contributed by atoms with Crippen molar-refractivity contribution in [3.8, 4) is 17.0 Å². The summed E-state index contributed by atoms with van der Waals surface area (Å²) in [5.74, 6) is 1.43. The molecule has 1 N–H and O–H groups in total. The minimum atomic E-state index is -0.631. The van der Waals surface area contributed by atoms with Crippen molar-refractivity contribution in [3.63, 3.8) is 0 Å². The molecule has 0 aliphatic carbocycles. The van der Waals surface area contributed by atoms with Crippen LogP contribution in [0.2, 0.25) is 0 Å². The number of carbonyl (C=O) groups is 1. The molecule has 0 spiro atoms. The topological polar surface area (TPSA) is 65.4 Å². The average molecular weight is 466 g/mol. The van der Waals surface area contributed by atoms with Crippen molar-refractivity contribution in [2.24, 2.45) is 0 Å². The molecule has 176 valence electrons. The van der Waals surface area contributed by atoms with Crippen LogP contribution in [0.4, 0.5) is 16.3 Å². The number of para-hydroxylation sites is 1. The van der Waals surface area contributed by atoms with Crippen molar-refractivity contribution in [1.29, 1.82) is 0 Å². The number of ether oxygens (including phenoxy) is 2. The van der Waals surface area contributed by atoms with Crippen LogP contribution in [0.3, 0.4) is 0 Å². The van der Waals surface area contributed by atoms with Gasteiger partial charge in [0.15, 0.2) is 0 Å². The van der Waals surface area contributed by atoms with Crippen LogP contribution in [0.5, 0.6) is 5.75 Å². The molecule has 0 aliphatic rings. The van der Waals surface area contributed by atoms with Gasteiger partial charge >= 0.3 is 6.09 Å². The van der Waals surface area contributed by atoms with E-state index in [9.17, 15) is 4.79 Å². The maximum absolute atomic E-state index is 13.4. The molecule has 2 heterocycles. The lowest BCUT2D eigenvalue weighted by Crippen LogP contribution is -2.27. The molecule has 35 heavy (non-hydrogen) atoms. The normalized spacial score (nSPS) is 11.5. The fraction of sp³-hybridized carbons (Fsp3) is 0.172. The summed E-state index contributed by atoms with van der Waals surface area (Å²) in [4.78, 5) is 18.4. The molecule has 5 rings (SSSR count). The molecule has 0 amide bonds. The summed E-state index contributed by atoms with van der Waals surface area (Å²) in [5, 5.41) is 5.23. The van der Waals surface area contributed by atoms with Crippen LogP contribution in [0.15, 0.2) is 84.9 Å². The summed E-state index contributed by atoms with van der Waals surface area (Å²) >= 11 is 0. The van der Waals surface area contributed by atoms with E-state index in [1.54, 1.807) is 11.7 Å². The number of benzene rings is 3. The zero-order valence-corrected chi connectivity index (χ0v) is 20.2. The number of hydrogen-bond donors (Lipinski definition) is 1. The van der Waals surface area contributed by atoms with E-state index in [0.29, 0.717) is 5.82 Å². The highest BCUT2D eigenvalue weighted by Gasteiger charge is 2.24. The SMILES string of the molecule is COc1ccc(Nc2nc(-c3ccccc3)cc3c2c2ccccc2n3C(=O)OC(C)(C)C)cc1. The number of nitrogens with zero attached hydrogens (tertiary/aromatic N) is 2. The van der Waals surface area contributed by atoms with Gasteiger partial charge in [-0.2, -0.15) is 0 Å². The summed E-state index contributed by atoms with van der Waals surface area (Å²) in [6.07, 6.45) is -0.427. The number of carbonyl (C=O) groups excluding carboxylic acids is 1. The van der Waals surface area contributed by atoms with Crippen LogP contribution < -0.4 is 10.1 Å². The molecular formula is C29H27N3O3. The van der Waals surface area contributed by atoms with Crippen molar-refractivity contribution >= 4 is 39.4 Å². The molecular weight excluding hydrogens is 438 g/mol. The first-order chi connectivity index (χ1) is 16.8. The van der Waals surface area contributed by atoms with Gasteiger partial charge in [-0.3, -0.25) is 0 Å². The van der Waals surface area contributed by atoms with Gasteiger partial charge in [0.05, 0.1) is 29.2 Å². The summed E-state index contributed by atoms with van der Waals surface area (Å²) in [6, 6.07) is 27.4. The second kappa shape index (κ2) is 8.80. The van der Waals surface area contributed by atoms with E-state index >= 15 is 0 Å². The van der Waals surface area contributed by atoms with Crippen molar-refractivity contribution in [2.45, 2.75) is 26.4 Å². The Labute approximate surface area is 204 Å². The van der Waals surface area contributed by atoms with Crippen LogP contribution in [0, 0.1) is 0 Å². The first-order valence-corrected chi connectivity index (χ1v) is 11.5. The van der Waals surface area contributed by atoms with Gasteiger partial charge in [-0.05, 0) is 57.2 Å². The van der Waals surface area contributed by atoms with E-state index in [4.69, 9.17) is 14.5 Å². The molecule has 6 nitrogen and oxygen atoms in total. The number of rotatable bonds is 4. The standard InChI is InChI=1S/C29H27N3O3/c1-29(2,3)35-28(33)32-24-13-9-8-12-22(24)26-25(32)18-23(19-10-6-5-7-11-19)31-27(26)30-20-14-16-21(34-4)17-15-20/h5-18H,1-4H3,(H,30,31). The summed E-state index contributed by atoms with van der Waals surface area (Å²) < 4.78 is 12.7. The Morgan fingerprint density at radius 1 is 0.886 bits per heavy atom. The minimum absolute atomic E-state index is 0.427. The fourth-order valence-electron chi connectivity index (χ4n) is 4.15. The van der Waals surface area contributed by atoms with Crippen molar-refractivity contribution < 1.29 is 14.3 Å². The van der Waals surface area contributed by atoms with Gasteiger partial charge in [-0.15, -0.1) is 0 Å². The maximum atomic E-state index is 13.4. The van der Waals surface area contributed by atoms with Gasteiger partial charge in [0.2, 0.25) is 0 Å². The Morgan fingerprint density at radius 2 is 1.57 bits per heavy atom. The van der Waals surface area contributed by atoms with Gasteiger partial charge in [-0.25, -0.2) is 14.3 Å². The summed E-state index contributed by atoms with van der Waals surface area (Å²) in [5.41, 5.74) is 3.43. The van der Waals surface area contributed by atoms with Gasteiger partial charge in [0.25, 0.3) is 0 Å². The molecule has 0 radical (unpaired) electrons. The maximum Gasteiger partial charge on any atom is 0.419 e. The average Bonchev–Trinajstić information content (AvgIpc) is 3.19. The predicted molar refractivity (Wildman–Crippen MR) is 141 cm³/mol. The van der Waals surface area contributed by atoms with E-state index in [-0.39, 0.29) is 0 Å². The highest BCUT2D eigenvalue weighted by Crippen LogP contribution is 2.37. The highest BCUT2D eigenvalue weighted by atomic mass is 16.6. The van der Waals surface area contributed by atoms with E-state index < -0.39 is 11.7 Å². The molecule has 3 aromatic carbocycles. The molecule has 0 saturated heterocycles. The number of aromatic nitrogens is 2. The van der Waals surface area contributed by atoms with Crippen molar-refractivity contribution in [1.82, 2.24) is 9.55 Å². The Hall–Kier alpha value is -4.32. The van der Waals surface area contributed by atoms with Crippen LogP contribution in [0.25, 0.3) is 33.1 Å².